The fourth-order valence-electron chi connectivity index (χ4n) is 2.23. The quantitative estimate of drug-likeness (QED) is 0.722. The summed E-state index contributed by atoms with van der Waals surface area (Å²) in [7, 11) is 1.24. The molecule has 0 aliphatic heterocycles. The Kier molecular flexibility index (Phi) is 3.63. The molecule has 0 radical (unpaired) electrons. The van der Waals surface area contributed by atoms with E-state index in [1.54, 1.807) is 27.7 Å². The third-order valence-electron chi connectivity index (χ3n) is 2.68. The smallest absolute Gasteiger partial charge is 0.408 e. The molecule has 2 N–H and O–H groups in total. The third kappa shape index (κ3) is 3.35. The van der Waals surface area contributed by atoms with Gasteiger partial charge in [-0.3, -0.25) is 0 Å². The van der Waals surface area contributed by atoms with Gasteiger partial charge in [0.2, 0.25) is 0 Å². The molecule has 0 unspecified atom stereocenters. The Balaban J connectivity index is 2.71. The molecule has 0 saturated heterocycles. The van der Waals surface area contributed by atoms with Gasteiger partial charge in [-0.25, -0.2) is 9.59 Å². The Bertz CT molecular complexity index is 348. The highest BCUT2D eigenvalue weighted by molar-refractivity contribution is 5.87. The number of aliphatic hydroxyl groups is 1. The van der Waals surface area contributed by atoms with Crippen molar-refractivity contribution in [1.82, 2.24) is 5.32 Å². The van der Waals surface area contributed by atoms with Crippen molar-refractivity contribution >= 4 is 12.1 Å². The van der Waals surface area contributed by atoms with E-state index in [-0.39, 0.29) is 12.8 Å². The number of ether oxygens (including phenoxy) is 2. The molecule has 1 aliphatic rings. The van der Waals surface area contributed by atoms with Crippen LogP contribution in [0.4, 0.5) is 4.79 Å². The molecule has 6 nitrogen and oxygen atoms in total. The third-order valence-corrected chi connectivity index (χ3v) is 2.68. The zero-order valence-corrected chi connectivity index (χ0v) is 11.5. The van der Waals surface area contributed by atoms with Crippen LogP contribution in [0.1, 0.15) is 40.5 Å². The van der Waals surface area contributed by atoms with E-state index >= 15 is 0 Å². The van der Waals surface area contributed by atoms with Gasteiger partial charge in [0.05, 0.1) is 12.7 Å². The Labute approximate surface area is 107 Å². The predicted molar refractivity (Wildman–Crippen MR) is 64.0 cm³/mol. The van der Waals surface area contributed by atoms with Crippen LogP contribution in [-0.2, 0) is 14.3 Å². The van der Waals surface area contributed by atoms with Crippen LogP contribution < -0.4 is 5.32 Å². The molecule has 0 aromatic carbocycles. The van der Waals surface area contributed by atoms with Gasteiger partial charge in [0, 0.05) is 12.8 Å². The summed E-state index contributed by atoms with van der Waals surface area (Å²) in [5, 5.41) is 12.2. The van der Waals surface area contributed by atoms with Crippen molar-refractivity contribution in [3.05, 3.63) is 0 Å². The summed E-state index contributed by atoms with van der Waals surface area (Å²) in [6, 6.07) is 0. The maximum Gasteiger partial charge on any atom is 0.408 e. The summed E-state index contributed by atoms with van der Waals surface area (Å²) >= 11 is 0. The SMILES string of the molecule is COC(=O)C1(NC(=O)OC(C)(C)C)CC(C)(O)C1. The summed E-state index contributed by atoms with van der Waals surface area (Å²) < 4.78 is 9.75. The van der Waals surface area contributed by atoms with Crippen LogP contribution in [0, 0.1) is 0 Å². The van der Waals surface area contributed by atoms with E-state index in [1.165, 1.54) is 7.11 Å². The van der Waals surface area contributed by atoms with E-state index in [9.17, 15) is 14.7 Å². The number of methoxy groups -OCH3 is 1. The van der Waals surface area contributed by atoms with Crippen molar-refractivity contribution in [1.29, 1.82) is 0 Å². The lowest BCUT2D eigenvalue weighted by Crippen LogP contribution is -2.69. The molecular weight excluding hydrogens is 238 g/mol. The van der Waals surface area contributed by atoms with Gasteiger partial charge in [-0.1, -0.05) is 0 Å². The van der Waals surface area contributed by atoms with E-state index < -0.39 is 28.8 Å². The predicted octanol–water partition coefficient (Wildman–Crippen LogP) is 0.968. The zero-order chi connectivity index (χ0) is 14.2. The van der Waals surface area contributed by atoms with E-state index in [1.807, 2.05) is 0 Å². The molecule has 0 spiro atoms. The fraction of sp³-hybridized carbons (Fsp3) is 0.833. The number of carbonyl (C=O) groups is 2. The monoisotopic (exact) mass is 259 g/mol. The number of hydrogen-bond acceptors (Lipinski definition) is 5. The molecule has 6 heteroatoms. The molecule has 1 saturated carbocycles. The van der Waals surface area contributed by atoms with Crippen molar-refractivity contribution in [3.63, 3.8) is 0 Å². The zero-order valence-electron chi connectivity index (χ0n) is 11.5. The van der Waals surface area contributed by atoms with Crippen molar-refractivity contribution < 1.29 is 24.2 Å². The molecule has 104 valence electrons. The van der Waals surface area contributed by atoms with Crippen molar-refractivity contribution in [2.45, 2.75) is 57.3 Å². The average molecular weight is 259 g/mol. The van der Waals surface area contributed by atoms with Crippen LogP contribution in [-0.4, -0.2) is 41.0 Å². The molecule has 1 fully saturated rings. The molecule has 18 heavy (non-hydrogen) atoms. The number of carbonyl (C=O) groups excluding carboxylic acids is 2. The van der Waals surface area contributed by atoms with Gasteiger partial charge in [-0.15, -0.1) is 0 Å². The van der Waals surface area contributed by atoms with E-state index in [2.05, 4.69) is 10.1 Å². The summed E-state index contributed by atoms with van der Waals surface area (Å²) in [4.78, 5) is 23.4. The Hall–Kier alpha value is -1.30. The first kappa shape index (κ1) is 14.8. The van der Waals surface area contributed by atoms with Gasteiger partial charge in [0.1, 0.15) is 11.1 Å². The molecule has 0 heterocycles. The summed E-state index contributed by atoms with van der Waals surface area (Å²) in [5.41, 5.74) is -2.79. The number of hydrogen-bond donors (Lipinski definition) is 2. The van der Waals surface area contributed by atoms with Gasteiger partial charge >= 0.3 is 12.1 Å². The highest BCUT2D eigenvalue weighted by atomic mass is 16.6. The molecule has 1 aliphatic carbocycles. The van der Waals surface area contributed by atoms with Gasteiger partial charge < -0.3 is 19.9 Å². The van der Waals surface area contributed by atoms with E-state index in [0.29, 0.717) is 0 Å². The first-order valence-corrected chi connectivity index (χ1v) is 5.82. The van der Waals surface area contributed by atoms with Gasteiger partial charge in [0.15, 0.2) is 0 Å². The normalized spacial score (nSPS) is 31.2. The summed E-state index contributed by atoms with van der Waals surface area (Å²) in [6.45, 7) is 6.79. The molecule has 0 bridgehead atoms. The molecule has 0 aromatic heterocycles. The van der Waals surface area contributed by atoms with Crippen LogP contribution in [0.5, 0.6) is 0 Å². The maximum atomic E-state index is 11.7. The van der Waals surface area contributed by atoms with Crippen molar-refractivity contribution in [2.75, 3.05) is 7.11 Å². The second-order valence-electron chi connectivity index (χ2n) is 6.05. The Morgan fingerprint density at radius 1 is 1.28 bits per heavy atom. The Morgan fingerprint density at radius 2 is 1.78 bits per heavy atom. The lowest BCUT2D eigenvalue weighted by atomic mass is 9.66. The fourth-order valence-corrected chi connectivity index (χ4v) is 2.23. The lowest BCUT2D eigenvalue weighted by Gasteiger charge is -2.49. The highest BCUT2D eigenvalue weighted by Gasteiger charge is 2.58. The van der Waals surface area contributed by atoms with Gasteiger partial charge in [0.25, 0.3) is 0 Å². The standard InChI is InChI=1S/C12H21NO5/c1-10(2,3)18-9(15)13-12(8(14)17-5)6-11(4,16)7-12/h16H,6-7H2,1-5H3,(H,13,15). The van der Waals surface area contributed by atoms with Crippen LogP contribution in [0.2, 0.25) is 0 Å². The summed E-state index contributed by atoms with van der Waals surface area (Å²) in [5.74, 6) is -0.570. The number of alkyl carbamates (subject to hydrolysis) is 1. The molecule has 1 rings (SSSR count). The van der Waals surface area contributed by atoms with Crippen LogP contribution >= 0.6 is 0 Å². The number of rotatable bonds is 2. The first-order valence-electron chi connectivity index (χ1n) is 5.82. The number of esters is 1. The minimum Gasteiger partial charge on any atom is -0.467 e. The van der Waals surface area contributed by atoms with Crippen molar-refractivity contribution in [2.24, 2.45) is 0 Å². The topological polar surface area (TPSA) is 84.9 Å². The molecule has 0 aromatic rings. The number of nitrogens with one attached hydrogen (secondary N) is 1. The summed E-state index contributed by atoms with van der Waals surface area (Å²) in [6.07, 6.45) is -0.457. The van der Waals surface area contributed by atoms with E-state index in [0.717, 1.165) is 0 Å². The molecular formula is C12H21NO5. The Morgan fingerprint density at radius 3 is 2.11 bits per heavy atom. The molecule has 1 amide bonds. The van der Waals surface area contributed by atoms with Gasteiger partial charge in [-0.2, -0.15) is 0 Å². The minimum atomic E-state index is -1.18. The molecule has 0 atom stereocenters. The average Bonchev–Trinajstić information content (AvgIpc) is 2.09. The van der Waals surface area contributed by atoms with E-state index in [4.69, 9.17) is 4.74 Å². The van der Waals surface area contributed by atoms with Gasteiger partial charge in [-0.05, 0) is 27.7 Å². The van der Waals surface area contributed by atoms with Crippen LogP contribution in [0.15, 0.2) is 0 Å². The minimum absolute atomic E-state index is 0.117. The van der Waals surface area contributed by atoms with Crippen molar-refractivity contribution in [3.8, 4) is 0 Å². The number of amides is 1. The second kappa shape index (κ2) is 4.42. The van der Waals surface area contributed by atoms with Crippen LogP contribution in [0.25, 0.3) is 0 Å². The maximum absolute atomic E-state index is 11.7. The first-order chi connectivity index (χ1) is 8.00. The highest BCUT2D eigenvalue weighted by Crippen LogP contribution is 2.42. The second-order valence-corrected chi connectivity index (χ2v) is 6.05. The van der Waals surface area contributed by atoms with Crippen LogP contribution in [0.3, 0.4) is 0 Å². The largest absolute Gasteiger partial charge is 0.467 e. The lowest BCUT2D eigenvalue weighted by molar-refractivity contribution is -0.167.